The number of ether oxygens (including phenoxy) is 2. The van der Waals surface area contributed by atoms with Crippen molar-refractivity contribution in [3.05, 3.63) is 17.7 Å². The summed E-state index contributed by atoms with van der Waals surface area (Å²) >= 11 is 1.76. The lowest BCUT2D eigenvalue weighted by molar-refractivity contribution is 0.137. The van der Waals surface area contributed by atoms with Gasteiger partial charge in [-0.3, -0.25) is 0 Å². The highest BCUT2D eigenvalue weighted by Crippen LogP contribution is 2.40. The van der Waals surface area contributed by atoms with Crippen LogP contribution in [0.15, 0.2) is 17.0 Å². The van der Waals surface area contributed by atoms with Gasteiger partial charge in [-0.1, -0.05) is 12.8 Å². The van der Waals surface area contributed by atoms with Crippen LogP contribution in [0.25, 0.3) is 0 Å². The SMILES string of the molecule is COc1cc(C)c(SC2CCCCC2O)cc1OC. The molecular weight excluding hydrogens is 260 g/mol. The Morgan fingerprint density at radius 2 is 1.74 bits per heavy atom. The first kappa shape index (κ1) is 14.5. The van der Waals surface area contributed by atoms with E-state index in [1.54, 1.807) is 26.0 Å². The molecule has 0 saturated heterocycles. The van der Waals surface area contributed by atoms with Crippen molar-refractivity contribution in [3.63, 3.8) is 0 Å². The van der Waals surface area contributed by atoms with Gasteiger partial charge in [0.1, 0.15) is 0 Å². The van der Waals surface area contributed by atoms with Crippen LogP contribution in [0.2, 0.25) is 0 Å². The monoisotopic (exact) mass is 282 g/mol. The molecule has 2 unspecified atom stereocenters. The van der Waals surface area contributed by atoms with E-state index in [-0.39, 0.29) is 6.10 Å². The third-order valence-electron chi connectivity index (χ3n) is 3.63. The zero-order chi connectivity index (χ0) is 13.8. The topological polar surface area (TPSA) is 38.7 Å². The molecule has 4 heteroatoms. The maximum atomic E-state index is 10.1. The summed E-state index contributed by atoms with van der Waals surface area (Å²) in [7, 11) is 3.30. The molecule has 1 aromatic rings. The van der Waals surface area contributed by atoms with E-state index in [1.807, 2.05) is 12.1 Å². The number of aliphatic hydroxyl groups excluding tert-OH is 1. The van der Waals surface area contributed by atoms with Crippen molar-refractivity contribution in [2.45, 2.75) is 48.9 Å². The largest absolute Gasteiger partial charge is 0.493 e. The van der Waals surface area contributed by atoms with Crippen LogP contribution in [0.1, 0.15) is 31.2 Å². The van der Waals surface area contributed by atoms with Crippen LogP contribution in [0.3, 0.4) is 0 Å². The molecule has 0 amide bonds. The maximum absolute atomic E-state index is 10.1. The average molecular weight is 282 g/mol. The number of hydrogen-bond acceptors (Lipinski definition) is 4. The van der Waals surface area contributed by atoms with Crippen molar-refractivity contribution in [2.75, 3.05) is 14.2 Å². The van der Waals surface area contributed by atoms with Gasteiger partial charge in [0.25, 0.3) is 0 Å². The van der Waals surface area contributed by atoms with E-state index in [2.05, 4.69) is 6.92 Å². The minimum Gasteiger partial charge on any atom is -0.493 e. The Kier molecular flexibility index (Phi) is 4.99. The van der Waals surface area contributed by atoms with Crippen molar-refractivity contribution in [3.8, 4) is 11.5 Å². The number of methoxy groups -OCH3 is 2. The first-order valence-electron chi connectivity index (χ1n) is 6.73. The molecule has 3 nitrogen and oxygen atoms in total. The van der Waals surface area contributed by atoms with Gasteiger partial charge >= 0.3 is 0 Å². The first-order chi connectivity index (χ1) is 9.15. The average Bonchev–Trinajstić information content (AvgIpc) is 2.42. The van der Waals surface area contributed by atoms with Gasteiger partial charge in [-0.2, -0.15) is 0 Å². The van der Waals surface area contributed by atoms with E-state index in [4.69, 9.17) is 9.47 Å². The Morgan fingerprint density at radius 1 is 1.11 bits per heavy atom. The Balaban J connectivity index is 2.19. The standard InChI is InChI=1S/C15H22O3S/c1-10-8-12(17-2)13(18-3)9-15(10)19-14-7-5-4-6-11(14)16/h8-9,11,14,16H,4-7H2,1-3H3. The Labute approximate surface area is 119 Å². The summed E-state index contributed by atoms with van der Waals surface area (Å²) in [6.07, 6.45) is 4.17. The number of aryl methyl sites for hydroxylation is 1. The van der Waals surface area contributed by atoms with E-state index in [1.165, 1.54) is 16.9 Å². The highest BCUT2D eigenvalue weighted by Gasteiger charge is 2.25. The Morgan fingerprint density at radius 3 is 2.37 bits per heavy atom. The molecule has 1 aromatic carbocycles. The first-order valence-corrected chi connectivity index (χ1v) is 7.61. The predicted molar refractivity (Wildman–Crippen MR) is 78.4 cm³/mol. The summed E-state index contributed by atoms with van der Waals surface area (Å²) in [4.78, 5) is 1.17. The molecule has 106 valence electrons. The second kappa shape index (κ2) is 6.53. The molecular formula is C15H22O3S. The molecule has 0 bridgehead atoms. The minimum absolute atomic E-state index is 0.189. The lowest BCUT2D eigenvalue weighted by Gasteiger charge is -2.27. The molecule has 2 rings (SSSR count). The molecule has 0 heterocycles. The van der Waals surface area contributed by atoms with Gasteiger partial charge in [-0.05, 0) is 37.5 Å². The fourth-order valence-corrected chi connectivity index (χ4v) is 3.79. The van der Waals surface area contributed by atoms with Crippen LogP contribution in [0.5, 0.6) is 11.5 Å². The third-order valence-corrected chi connectivity index (χ3v) is 5.17. The number of thioether (sulfide) groups is 1. The fourth-order valence-electron chi connectivity index (χ4n) is 2.47. The van der Waals surface area contributed by atoms with E-state index >= 15 is 0 Å². The van der Waals surface area contributed by atoms with Gasteiger partial charge in [0, 0.05) is 10.1 Å². The van der Waals surface area contributed by atoms with Crippen LogP contribution in [0, 0.1) is 6.92 Å². The van der Waals surface area contributed by atoms with E-state index in [9.17, 15) is 5.11 Å². The van der Waals surface area contributed by atoms with Crippen molar-refractivity contribution >= 4 is 11.8 Å². The van der Waals surface area contributed by atoms with Crippen molar-refractivity contribution < 1.29 is 14.6 Å². The lowest BCUT2D eigenvalue weighted by atomic mass is 9.97. The third kappa shape index (κ3) is 3.37. The summed E-state index contributed by atoms with van der Waals surface area (Å²) in [5, 5.41) is 10.4. The lowest BCUT2D eigenvalue weighted by Crippen LogP contribution is -2.26. The van der Waals surface area contributed by atoms with E-state index in [0.29, 0.717) is 5.25 Å². The zero-order valence-corrected chi connectivity index (χ0v) is 12.6. The van der Waals surface area contributed by atoms with E-state index in [0.717, 1.165) is 30.8 Å². The Hall–Kier alpha value is -0.870. The number of rotatable bonds is 4. The molecule has 0 radical (unpaired) electrons. The van der Waals surface area contributed by atoms with Crippen LogP contribution in [-0.2, 0) is 0 Å². The molecule has 19 heavy (non-hydrogen) atoms. The summed E-state index contributed by atoms with van der Waals surface area (Å²) in [6, 6.07) is 4.01. The van der Waals surface area contributed by atoms with Gasteiger partial charge in [-0.15, -0.1) is 11.8 Å². The molecule has 0 aromatic heterocycles. The molecule has 1 saturated carbocycles. The molecule has 0 spiro atoms. The van der Waals surface area contributed by atoms with Gasteiger partial charge in [0.2, 0.25) is 0 Å². The van der Waals surface area contributed by atoms with E-state index < -0.39 is 0 Å². The molecule has 2 atom stereocenters. The highest BCUT2D eigenvalue weighted by atomic mass is 32.2. The van der Waals surface area contributed by atoms with Crippen LogP contribution in [-0.4, -0.2) is 30.7 Å². The summed E-state index contributed by atoms with van der Waals surface area (Å²) in [5.74, 6) is 1.51. The molecule has 1 fully saturated rings. The number of benzene rings is 1. The summed E-state index contributed by atoms with van der Waals surface area (Å²) in [5.41, 5.74) is 1.17. The minimum atomic E-state index is -0.189. The van der Waals surface area contributed by atoms with Crippen molar-refractivity contribution in [1.82, 2.24) is 0 Å². The molecule has 1 aliphatic rings. The molecule has 1 aliphatic carbocycles. The smallest absolute Gasteiger partial charge is 0.161 e. The second-order valence-electron chi connectivity index (χ2n) is 4.98. The highest BCUT2D eigenvalue weighted by molar-refractivity contribution is 8.00. The predicted octanol–water partition coefficient (Wildman–Crippen LogP) is 3.41. The van der Waals surface area contributed by atoms with Gasteiger partial charge in [0.15, 0.2) is 11.5 Å². The van der Waals surface area contributed by atoms with Gasteiger partial charge < -0.3 is 14.6 Å². The fraction of sp³-hybridized carbons (Fsp3) is 0.600. The summed E-state index contributed by atoms with van der Waals surface area (Å²) in [6.45, 7) is 2.07. The molecule has 0 aliphatic heterocycles. The van der Waals surface area contributed by atoms with Crippen molar-refractivity contribution in [2.24, 2.45) is 0 Å². The van der Waals surface area contributed by atoms with Crippen molar-refractivity contribution in [1.29, 1.82) is 0 Å². The second-order valence-corrected chi connectivity index (χ2v) is 6.26. The Bertz CT molecular complexity index is 434. The maximum Gasteiger partial charge on any atom is 0.161 e. The summed E-state index contributed by atoms with van der Waals surface area (Å²) < 4.78 is 10.6. The zero-order valence-electron chi connectivity index (χ0n) is 11.8. The number of aliphatic hydroxyl groups is 1. The van der Waals surface area contributed by atoms with Crippen LogP contribution < -0.4 is 9.47 Å². The van der Waals surface area contributed by atoms with Crippen LogP contribution >= 0.6 is 11.8 Å². The van der Waals surface area contributed by atoms with Gasteiger partial charge in [-0.25, -0.2) is 0 Å². The van der Waals surface area contributed by atoms with Crippen LogP contribution in [0.4, 0.5) is 0 Å². The number of hydrogen-bond donors (Lipinski definition) is 1. The van der Waals surface area contributed by atoms with Gasteiger partial charge in [0.05, 0.1) is 20.3 Å². The molecule has 1 N–H and O–H groups in total. The quantitative estimate of drug-likeness (QED) is 0.918. The normalized spacial score (nSPS) is 23.2.